The molecule has 10 heteroatoms. The highest BCUT2D eigenvalue weighted by molar-refractivity contribution is 7.86. The molecule has 148 valence electrons. The van der Waals surface area contributed by atoms with Gasteiger partial charge in [-0.25, -0.2) is 14.6 Å². The van der Waals surface area contributed by atoms with E-state index in [4.69, 9.17) is 16.7 Å². The zero-order chi connectivity index (χ0) is 19.2. The highest BCUT2D eigenvalue weighted by atomic mass is 35.5. The maximum absolute atomic E-state index is 12.1. The summed E-state index contributed by atoms with van der Waals surface area (Å²) in [5.74, 6) is 1.29. The Morgan fingerprint density at radius 3 is 2.59 bits per heavy atom. The van der Waals surface area contributed by atoms with Crippen molar-refractivity contribution in [3.05, 3.63) is 23.1 Å². The Kier molecular flexibility index (Phi) is 5.04. The number of fused-ring (bicyclic) bond motifs is 1. The highest BCUT2D eigenvalue weighted by Crippen LogP contribution is 2.32. The van der Waals surface area contributed by atoms with Crippen LogP contribution < -0.4 is 10.0 Å². The molecule has 0 unspecified atom stereocenters. The summed E-state index contributed by atoms with van der Waals surface area (Å²) in [5.41, 5.74) is 1.92. The maximum atomic E-state index is 12.1. The van der Waals surface area contributed by atoms with Crippen molar-refractivity contribution in [1.82, 2.24) is 18.9 Å². The molecule has 27 heavy (non-hydrogen) atoms. The number of nitrogens with two attached hydrogens (primary N) is 1. The van der Waals surface area contributed by atoms with Crippen LogP contribution in [-0.2, 0) is 10.2 Å². The standard InChI is InChI=1S/C17H25ClN6O2S/c1-12-9-15(18)24-16(12)17(20-11-21-24)22-7-5-14(6-8-22)23(27(19,25)26)10-13-3-2-4-13/h9,11,13-14H,2-8,10H2,1H3,(H2,19,25,26). The lowest BCUT2D eigenvalue weighted by Gasteiger charge is -2.40. The lowest BCUT2D eigenvalue weighted by atomic mass is 9.85. The van der Waals surface area contributed by atoms with E-state index in [-0.39, 0.29) is 6.04 Å². The Balaban J connectivity index is 1.51. The minimum Gasteiger partial charge on any atom is -0.355 e. The fraction of sp³-hybridized carbons (Fsp3) is 0.647. The van der Waals surface area contributed by atoms with Crippen LogP contribution in [-0.4, -0.2) is 53.0 Å². The third-order valence-electron chi connectivity index (χ3n) is 5.84. The second-order valence-corrected chi connectivity index (χ2v) is 9.51. The molecule has 0 bridgehead atoms. The number of rotatable bonds is 5. The van der Waals surface area contributed by atoms with E-state index in [1.807, 2.05) is 13.0 Å². The highest BCUT2D eigenvalue weighted by Gasteiger charge is 2.34. The molecule has 3 heterocycles. The largest absolute Gasteiger partial charge is 0.355 e. The lowest BCUT2D eigenvalue weighted by Crippen LogP contribution is -2.51. The smallest absolute Gasteiger partial charge is 0.277 e. The summed E-state index contributed by atoms with van der Waals surface area (Å²) < 4.78 is 27.5. The molecule has 1 saturated carbocycles. The summed E-state index contributed by atoms with van der Waals surface area (Å²) >= 11 is 6.24. The summed E-state index contributed by atoms with van der Waals surface area (Å²) in [6.45, 7) is 3.98. The number of aromatic nitrogens is 3. The summed E-state index contributed by atoms with van der Waals surface area (Å²) in [4.78, 5) is 6.65. The van der Waals surface area contributed by atoms with Crippen molar-refractivity contribution < 1.29 is 8.42 Å². The van der Waals surface area contributed by atoms with Crippen LogP contribution in [0, 0.1) is 12.8 Å². The number of anilines is 1. The lowest BCUT2D eigenvalue weighted by molar-refractivity contribution is 0.194. The normalized spacial score (nSPS) is 19.8. The van der Waals surface area contributed by atoms with E-state index >= 15 is 0 Å². The van der Waals surface area contributed by atoms with Crippen molar-refractivity contribution in [1.29, 1.82) is 0 Å². The van der Waals surface area contributed by atoms with Gasteiger partial charge in [-0.05, 0) is 50.2 Å². The van der Waals surface area contributed by atoms with Gasteiger partial charge in [0, 0.05) is 25.7 Å². The van der Waals surface area contributed by atoms with Gasteiger partial charge >= 0.3 is 0 Å². The van der Waals surface area contributed by atoms with Crippen molar-refractivity contribution in [2.75, 3.05) is 24.5 Å². The van der Waals surface area contributed by atoms with E-state index < -0.39 is 10.2 Å². The molecule has 0 spiro atoms. The molecule has 2 N–H and O–H groups in total. The van der Waals surface area contributed by atoms with Crippen molar-refractivity contribution in [2.24, 2.45) is 11.1 Å². The Labute approximate surface area is 164 Å². The number of nitrogens with zero attached hydrogens (tertiary/aromatic N) is 5. The molecule has 2 fully saturated rings. The SMILES string of the molecule is Cc1cc(Cl)n2ncnc(N3CCC(N(CC4CCC4)S(N)(=O)=O)CC3)c12. The van der Waals surface area contributed by atoms with Gasteiger partial charge in [0.1, 0.15) is 17.0 Å². The van der Waals surface area contributed by atoms with Crippen LogP contribution in [0.25, 0.3) is 5.52 Å². The monoisotopic (exact) mass is 412 g/mol. The predicted octanol–water partition coefficient (Wildman–Crippen LogP) is 1.97. The topological polar surface area (TPSA) is 96.8 Å². The minimum atomic E-state index is -3.69. The van der Waals surface area contributed by atoms with Crippen molar-refractivity contribution in [3.8, 4) is 0 Å². The molecule has 0 atom stereocenters. The van der Waals surface area contributed by atoms with Gasteiger partial charge in [0.15, 0.2) is 5.82 Å². The van der Waals surface area contributed by atoms with Crippen LogP contribution in [0.3, 0.4) is 0 Å². The average Bonchev–Trinajstić information content (AvgIpc) is 2.88. The molecule has 1 aliphatic carbocycles. The molecule has 0 radical (unpaired) electrons. The van der Waals surface area contributed by atoms with Crippen LogP contribution in [0.15, 0.2) is 12.4 Å². The number of halogens is 1. The third kappa shape index (κ3) is 3.65. The summed E-state index contributed by atoms with van der Waals surface area (Å²) in [6, 6.07) is 1.83. The zero-order valence-electron chi connectivity index (χ0n) is 15.4. The first-order valence-electron chi connectivity index (χ1n) is 9.38. The van der Waals surface area contributed by atoms with Crippen molar-refractivity contribution in [2.45, 2.75) is 45.1 Å². The fourth-order valence-electron chi connectivity index (χ4n) is 4.15. The molecular weight excluding hydrogens is 388 g/mol. The molecular formula is C17H25ClN6O2S. The molecule has 1 aliphatic heterocycles. The van der Waals surface area contributed by atoms with E-state index in [0.29, 0.717) is 17.6 Å². The minimum absolute atomic E-state index is 0.0498. The second kappa shape index (κ2) is 7.20. The number of piperidine rings is 1. The first kappa shape index (κ1) is 18.9. The van der Waals surface area contributed by atoms with Gasteiger partial charge in [-0.15, -0.1) is 0 Å². The van der Waals surface area contributed by atoms with Crippen LogP contribution in [0.2, 0.25) is 5.15 Å². The van der Waals surface area contributed by atoms with Crippen LogP contribution >= 0.6 is 11.6 Å². The first-order valence-corrected chi connectivity index (χ1v) is 11.3. The quantitative estimate of drug-likeness (QED) is 0.809. The fourth-order valence-corrected chi connectivity index (χ4v) is 5.48. The third-order valence-corrected chi connectivity index (χ3v) is 7.21. The van der Waals surface area contributed by atoms with Gasteiger partial charge in [-0.1, -0.05) is 18.0 Å². The van der Waals surface area contributed by atoms with E-state index in [9.17, 15) is 8.42 Å². The summed E-state index contributed by atoms with van der Waals surface area (Å²) in [5, 5.41) is 10.3. The summed E-state index contributed by atoms with van der Waals surface area (Å²) in [7, 11) is -3.69. The second-order valence-electron chi connectivity index (χ2n) is 7.62. The first-order chi connectivity index (χ1) is 12.8. The van der Waals surface area contributed by atoms with Crippen LogP contribution in [0.1, 0.15) is 37.7 Å². The number of aryl methyl sites for hydroxylation is 1. The zero-order valence-corrected chi connectivity index (χ0v) is 17.0. The Bertz CT molecular complexity index is 934. The predicted molar refractivity (Wildman–Crippen MR) is 105 cm³/mol. The molecule has 2 aromatic heterocycles. The number of hydrogen-bond donors (Lipinski definition) is 1. The van der Waals surface area contributed by atoms with E-state index in [0.717, 1.165) is 55.7 Å². The van der Waals surface area contributed by atoms with E-state index in [1.54, 1.807) is 4.52 Å². The summed E-state index contributed by atoms with van der Waals surface area (Å²) in [6.07, 6.45) is 6.34. The van der Waals surface area contributed by atoms with E-state index in [1.165, 1.54) is 17.1 Å². The Morgan fingerprint density at radius 2 is 2.00 bits per heavy atom. The maximum Gasteiger partial charge on any atom is 0.277 e. The molecule has 4 rings (SSSR count). The van der Waals surface area contributed by atoms with Gasteiger partial charge in [0.25, 0.3) is 10.2 Å². The Morgan fingerprint density at radius 1 is 1.30 bits per heavy atom. The molecule has 0 aromatic carbocycles. The van der Waals surface area contributed by atoms with Gasteiger partial charge in [-0.3, -0.25) is 0 Å². The average molecular weight is 413 g/mol. The van der Waals surface area contributed by atoms with Crippen molar-refractivity contribution >= 4 is 33.1 Å². The van der Waals surface area contributed by atoms with Gasteiger partial charge < -0.3 is 4.90 Å². The molecule has 2 aromatic rings. The van der Waals surface area contributed by atoms with Gasteiger partial charge in [0.05, 0.1) is 0 Å². The van der Waals surface area contributed by atoms with Crippen LogP contribution in [0.5, 0.6) is 0 Å². The van der Waals surface area contributed by atoms with E-state index in [2.05, 4.69) is 15.0 Å². The van der Waals surface area contributed by atoms with Gasteiger partial charge in [-0.2, -0.15) is 17.8 Å². The molecule has 2 aliphatic rings. The number of hydrogen-bond acceptors (Lipinski definition) is 5. The molecule has 8 nitrogen and oxygen atoms in total. The molecule has 1 saturated heterocycles. The van der Waals surface area contributed by atoms with Crippen LogP contribution in [0.4, 0.5) is 5.82 Å². The van der Waals surface area contributed by atoms with Gasteiger partial charge in [0.2, 0.25) is 0 Å². The molecule has 0 amide bonds. The Hall–Kier alpha value is -1.42. The van der Waals surface area contributed by atoms with Crippen molar-refractivity contribution in [3.63, 3.8) is 0 Å².